The first-order valence-corrected chi connectivity index (χ1v) is 6.40. The molecule has 1 aromatic heterocycles. The summed E-state index contributed by atoms with van der Waals surface area (Å²) in [5, 5.41) is 11.0. The van der Waals surface area contributed by atoms with Gasteiger partial charge in [-0.15, -0.1) is 0 Å². The van der Waals surface area contributed by atoms with E-state index in [-0.39, 0.29) is 6.10 Å². The van der Waals surface area contributed by atoms with Crippen LogP contribution in [0.1, 0.15) is 30.6 Å². The van der Waals surface area contributed by atoms with Crippen molar-refractivity contribution in [1.29, 1.82) is 0 Å². The Labute approximate surface area is 101 Å². The number of fused-ring (bicyclic) bond motifs is 1. The van der Waals surface area contributed by atoms with Gasteiger partial charge in [-0.1, -0.05) is 18.2 Å². The Bertz CT molecular complexity index is 523. The Morgan fingerprint density at radius 3 is 2.94 bits per heavy atom. The number of aryl methyl sites for hydroxylation is 2. The standard InChI is InChI=1S/C15H18O2/c1-10-3-2-4-12-9-13(17-15(10)12)7-8-14(16)11-5-6-11/h2-4,9,11,14,16H,5-8H2,1H3. The number of aliphatic hydroxyl groups is 1. The van der Waals surface area contributed by atoms with Crippen LogP contribution in [-0.4, -0.2) is 11.2 Å². The van der Waals surface area contributed by atoms with Gasteiger partial charge in [0.15, 0.2) is 0 Å². The van der Waals surface area contributed by atoms with Crippen molar-refractivity contribution >= 4 is 11.0 Å². The molecule has 0 aliphatic heterocycles. The highest BCUT2D eigenvalue weighted by Crippen LogP contribution is 2.34. The smallest absolute Gasteiger partial charge is 0.137 e. The van der Waals surface area contributed by atoms with Gasteiger partial charge >= 0.3 is 0 Å². The maximum absolute atomic E-state index is 9.84. The lowest BCUT2D eigenvalue weighted by Crippen LogP contribution is -2.09. The van der Waals surface area contributed by atoms with E-state index in [0.717, 1.165) is 24.2 Å². The lowest BCUT2D eigenvalue weighted by atomic mass is 10.1. The summed E-state index contributed by atoms with van der Waals surface area (Å²) in [5.41, 5.74) is 2.17. The van der Waals surface area contributed by atoms with Crippen molar-refractivity contribution in [2.24, 2.45) is 5.92 Å². The van der Waals surface area contributed by atoms with Gasteiger partial charge < -0.3 is 9.52 Å². The fraction of sp³-hybridized carbons (Fsp3) is 0.467. The van der Waals surface area contributed by atoms with Crippen molar-refractivity contribution in [2.45, 2.75) is 38.7 Å². The Morgan fingerprint density at radius 2 is 2.24 bits per heavy atom. The van der Waals surface area contributed by atoms with Crippen LogP contribution >= 0.6 is 0 Å². The van der Waals surface area contributed by atoms with Gasteiger partial charge in [0.25, 0.3) is 0 Å². The third kappa shape index (κ3) is 2.22. The van der Waals surface area contributed by atoms with E-state index in [0.29, 0.717) is 5.92 Å². The summed E-state index contributed by atoms with van der Waals surface area (Å²) in [4.78, 5) is 0. The Morgan fingerprint density at radius 1 is 1.41 bits per heavy atom. The van der Waals surface area contributed by atoms with E-state index < -0.39 is 0 Å². The number of furan rings is 1. The van der Waals surface area contributed by atoms with Crippen molar-refractivity contribution < 1.29 is 9.52 Å². The molecule has 2 heteroatoms. The summed E-state index contributed by atoms with van der Waals surface area (Å²) < 4.78 is 5.84. The molecular formula is C15H18O2. The first-order chi connectivity index (χ1) is 8.24. The molecule has 0 amide bonds. The molecule has 1 aliphatic rings. The maximum atomic E-state index is 9.84. The lowest BCUT2D eigenvalue weighted by molar-refractivity contribution is 0.140. The van der Waals surface area contributed by atoms with Gasteiger partial charge in [0.05, 0.1) is 6.10 Å². The van der Waals surface area contributed by atoms with Crippen LogP contribution in [0.2, 0.25) is 0 Å². The Hall–Kier alpha value is -1.28. The Kier molecular flexibility index (Phi) is 2.67. The molecule has 1 saturated carbocycles. The zero-order valence-electron chi connectivity index (χ0n) is 10.1. The minimum atomic E-state index is -0.135. The minimum Gasteiger partial charge on any atom is -0.461 e. The summed E-state index contributed by atoms with van der Waals surface area (Å²) in [6.45, 7) is 2.06. The topological polar surface area (TPSA) is 33.4 Å². The molecule has 1 atom stereocenters. The average molecular weight is 230 g/mol. The molecule has 0 saturated heterocycles. The zero-order chi connectivity index (χ0) is 11.8. The molecule has 1 unspecified atom stereocenters. The van der Waals surface area contributed by atoms with Crippen molar-refractivity contribution in [2.75, 3.05) is 0 Å². The quantitative estimate of drug-likeness (QED) is 0.872. The van der Waals surface area contributed by atoms with E-state index in [1.165, 1.54) is 23.8 Å². The van der Waals surface area contributed by atoms with Crippen LogP contribution in [-0.2, 0) is 6.42 Å². The molecule has 3 rings (SSSR count). The number of hydrogen-bond donors (Lipinski definition) is 1. The summed E-state index contributed by atoms with van der Waals surface area (Å²) in [7, 11) is 0. The molecule has 2 nitrogen and oxygen atoms in total. The molecule has 1 fully saturated rings. The molecule has 0 radical (unpaired) electrons. The SMILES string of the molecule is Cc1cccc2cc(CCC(O)C3CC3)oc12. The van der Waals surface area contributed by atoms with Crippen LogP contribution in [0.4, 0.5) is 0 Å². The van der Waals surface area contributed by atoms with Gasteiger partial charge in [-0.3, -0.25) is 0 Å². The predicted molar refractivity (Wildman–Crippen MR) is 68.0 cm³/mol. The van der Waals surface area contributed by atoms with Crippen molar-refractivity contribution in [3.63, 3.8) is 0 Å². The Balaban J connectivity index is 1.74. The van der Waals surface area contributed by atoms with E-state index in [2.05, 4.69) is 31.2 Å². The van der Waals surface area contributed by atoms with E-state index in [1.54, 1.807) is 0 Å². The van der Waals surface area contributed by atoms with E-state index >= 15 is 0 Å². The van der Waals surface area contributed by atoms with Crippen LogP contribution in [0, 0.1) is 12.8 Å². The molecule has 1 heterocycles. The number of rotatable bonds is 4. The third-order valence-electron chi connectivity index (χ3n) is 3.64. The second kappa shape index (κ2) is 4.19. The first-order valence-electron chi connectivity index (χ1n) is 6.40. The molecule has 0 bridgehead atoms. The van der Waals surface area contributed by atoms with E-state index in [1.807, 2.05) is 0 Å². The second-order valence-electron chi connectivity index (χ2n) is 5.15. The van der Waals surface area contributed by atoms with E-state index in [4.69, 9.17) is 4.42 Å². The molecule has 1 aliphatic carbocycles. The zero-order valence-corrected chi connectivity index (χ0v) is 10.1. The fourth-order valence-electron chi connectivity index (χ4n) is 2.39. The van der Waals surface area contributed by atoms with Crippen molar-refractivity contribution in [3.05, 3.63) is 35.6 Å². The maximum Gasteiger partial charge on any atom is 0.137 e. The third-order valence-corrected chi connectivity index (χ3v) is 3.64. The average Bonchev–Trinajstić information content (AvgIpc) is 3.07. The minimum absolute atomic E-state index is 0.135. The highest BCUT2D eigenvalue weighted by Gasteiger charge is 2.29. The molecular weight excluding hydrogens is 212 g/mol. The largest absolute Gasteiger partial charge is 0.461 e. The number of hydrogen-bond acceptors (Lipinski definition) is 2. The summed E-state index contributed by atoms with van der Waals surface area (Å²) in [6, 6.07) is 8.29. The van der Waals surface area contributed by atoms with Gasteiger partial charge in [0.1, 0.15) is 11.3 Å². The summed E-state index contributed by atoms with van der Waals surface area (Å²) in [5.74, 6) is 1.55. The molecule has 2 aromatic rings. The van der Waals surface area contributed by atoms with Gasteiger partial charge in [0, 0.05) is 11.8 Å². The van der Waals surface area contributed by atoms with Crippen LogP contribution in [0.3, 0.4) is 0 Å². The predicted octanol–water partition coefficient (Wildman–Crippen LogP) is 3.44. The second-order valence-corrected chi connectivity index (χ2v) is 5.15. The lowest BCUT2D eigenvalue weighted by Gasteiger charge is -2.06. The van der Waals surface area contributed by atoms with Gasteiger partial charge in [-0.25, -0.2) is 0 Å². The molecule has 90 valence electrons. The van der Waals surface area contributed by atoms with E-state index in [9.17, 15) is 5.11 Å². The highest BCUT2D eigenvalue weighted by atomic mass is 16.3. The first kappa shape index (κ1) is 10.8. The van der Waals surface area contributed by atoms with Crippen LogP contribution in [0.5, 0.6) is 0 Å². The van der Waals surface area contributed by atoms with Crippen LogP contribution in [0.15, 0.2) is 28.7 Å². The van der Waals surface area contributed by atoms with Gasteiger partial charge in [0.2, 0.25) is 0 Å². The molecule has 1 N–H and O–H groups in total. The van der Waals surface area contributed by atoms with Crippen molar-refractivity contribution in [1.82, 2.24) is 0 Å². The molecule has 1 aromatic carbocycles. The summed E-state index contributed by atoms with van der Waals surface area (Å²) >= 11 is 0. The number of aliphatic hydroxyl groups excluding tert-OH is 1. The fourth-order valence-corrected chi connectivity index (χ4v) is 2.39. The van der Waals surface area contributed by atoms with Gasteiger partial charge in [-0.2, -0.15) is 0 Å². The highest BCUT2D eigenvalue weighted by molar-refractivity contribution is 5.80. The molecule has 17 heavy (non-hydrogen) atoms. The monoisotopic (exact) mass is 230 g/mol. The normalized spacial score (nSPS) is 17.5. The number of benzene rings is 1. The van der Waals surface area contributed by atoms with Crippen LogP contribution < -0.4 is 0 Å². The van der Waals surface area contributed by atoms with Gasteiger partial charge in [-0.05, 0) is 43.7 Å². The summed E-state index contributed by atoms with van der Waals surface area (Å²) in [6.07, 6.45) is 3.92. The van der Waals surface area contributed by atoms with Crippen LogP contribution in [0.25, 0.3) is 11.0 Å². The number of para-hydroxylation sites is 1. The molecule has 0 spiro atoms. The van der Waals surface area contributed by atoms with Crippen molar-refractivity contribution in [3.8, 4) is 0 Å².